The molecule has 1 atom stereocenters. The van der Waals surface area contributed by atoms with Crippen molar-refractivity contribution < 1.29 is 23.8 Å². The lowest BCUT2D eigenvalue weighted by molar-refractivity contribution is -0.212. The summed E-state index contributed by atoms with van der Waals surface area (Å²) >= 11 is 0. The van der Waals surface area contributed by atoms with Gasteiger partial charge in [0.25, 0.3) is 0 Å². The minimum absolute atomic E-state index is 0.0452. The molecular formula is C7H13O5P. The summed E-state index contributed by atoms with van der Waals surface area (Å²) in [6.45, 7) is 6.40. The minimum atomic E-state index is -3.77. The summed E-state index contributed by atoms with van der Waals surface area (Å²) in [5.74, 6) is -0.842. The molecular weight excluding hydrogens is 195 g/mol. The first kappa shape index (κ1) is 12.4. The first-order valence-electron chi connectivity index (χ1n) is 3.77. The molecule has 0 saturated carbocycles. The molecule has 0 aromatic heterocycles. The number of hydrogen-bond acceptors (Lipinski definition) is 4. The predicted octanol–water partition coefficient (Wildman–Crippen LogP) is 1.63. The molecule has 0 radical (unpaired) electrons. The highest BCUT2D eigenvalue weighted by Crippen LogP contribution is 2.42. The zero-order valence-electron chi connectivity index (χ0n) is 7.65. The molecule has 5 nitrogen and oxygen atoms in total. The van der Waals surface area contributed by atoms with E-state index in [-0.39, 0.29) is 11.7 Å². The average molecular weight is 208 g/mol. The molecule has 0 aromatic carbocycles. The topological polar surface area (TPSA) is 72.8 Å². The van der Waals surface area contributed by atoms with E-state index in [4.69, 9.17) is 4.89 Å². The summed E-state index contributed by atoms with van der Waals surface area (Å²) < 4.78 is 15.1. The van der Waals surface area contributed by atoms with E-state index < -0.39 is 13.6 Å². The molecule has 13 heavy (non-hydrogen) atoms. The Hall–Kier alpha value is -0.640. The lowest BCUT2D eigenvalue weighted by Gasteiger charge is -2.08. The van der Waals surface area contributed by atoms with Gasteiger partial charge >= 0.3 is 13.6 Å². The average Bonchev–Trinajstić information content (AvgIpc) is 2.00. The van der Waals surface area contributed by atoms with Crippen LogP contribution in [0.15, 0.2) is 12.2 Å². The fourth-order valence-electron chi connectivity index (χ4n) is 0.483. The number of carbonyl (C=O) groups is 1. The summed E-state index contributed by atoms with van der Waals surface area (Å²) in [5.41, 5.74) is 0.108. The van der Waals surface area contributed by atoms with Crippen molar-refractivity contribution in [3.63, 3.8) is 0 Å². The van der Waals surface area contributed by atoms with Gasteiger partial charge in [-0.15, -0.1) is 0 Å². The molecule has 0 saturated heterocycles. The van der Waals surface area contributed by atoms with E-state index in [0.717, 1.165) is 0 Å². The van der Waals surface area contributed by atoms with Gasteiger partial charge in [-0.3, -0.25) is 9.45 Å². The quantitative estimate of drug-likeness (QED) is 0.321. The highest BCUT2D eigenvalue weighted by atomic mass is 31.2. The van der Waals surface area contributed by atoms with E-state index in [0.29, 0.717) is 6.42 Å². The van der Waals surface area contributed by atoms with Crippen molar-refractivity contribution in [2.75, 3.05) is 6.16 Å². The van der Waals surface area contributed by atoms with Gasteiger partial charge in [-0.1, -0.05) is 18.2 Å². The molecule has 1 unspecified atom stereocenters. The Morgan fingerprint density at radius 3 is 2.54 bits per heavy atom. The van der Waals surface area contributed by atoms with Gasteiger partial charge in [0.2, 0.25) is 0 Å². The largest absolute Gasteiger partial charge is 0.368 e. The van der Waals surface area contributed by atoms with Crippen molar-refractivity contribution in [2.45, 2.75) is 20.3 Å². The van der Waals surface area contributed by atoms with Gasteiger partial charge in [0, 0.05) is 5.57 Å². The molecule has 0 aromatic rings. The van der Waals surface area contributed by atoms with Crippen LogP contribution in [0.4, 0.5) is 0 Å². The van der Waals surface area contributed by atoms with Crippen LogP contribution in [-0.2, 0) is 18.9 Å². The molecule has 0 amide bonds. The van der Waals surface area contributed by atoms with E-state index in [9.17, 15) is 9.36 Å². The summed E-state index contributed by atoms with van der Waals surface area (Å²) in [4.78, 5) is 23.8. The smallest absolute Gasteiger partial charge is 0.322 e. The van der Waals surface area contributed by atoms with Crippen LogP contribution in [-0.4, -0.2) is 17.0 Å². The Morgan fingerprint density at radius 1 is 1.62 bits per heavy atom. The van der Waals surface area contributed by atoms with Crippen LogP contribution in [0.2, 0.25) is 0 Å². The van der Waals surface area contributed by atoms with E-state index in [1.165, 1.54) is 6.92 Å². The van der Waals surface area contributed by atoms with Gasteiger partial charge in [0.15, 0.2) is 0 Å². The second-order valence-corrected chi connectivity index (χ2v) is 4.46. The molecule has 0 rings (SSSR count). The molecule has 6 heteroatoms. The Bertz CT molecular complexity index is 247. The van der Waals surface area contributed by atoms with Crippen LogP contribution in [0.25, 0.3) is 0 Å². The molecule has 0 heterocycles. The third-order valence-electron chi connectivity index (χ3n) is 1.08. The van der Waals surface area contributed by atoms with Crippen LogP contribution in [0.1, 0.15) is 20.3 Å². The molecule has 0 fully saturated rings. The lowest BCUT2D eigenvalue weighted by atomic mass is 10.4. The maximum absolute atomic E-state index is 11.0. The summed E-state index contributed by atoms with van der Waals surface area (Å²) in [5, 5.41) is 0. The third kappa shape index (κ3) is 5.58. The van der Waals surface area contributed by atoms with Crippen molar-refractivity contribution in [1.29, 1.82) is 0 Å². The van der Waals surface area contributed by atoms with Gasteiger partial charge in [0.05, 0.1) is 6.16 Å². The van der Waals surface area contributed by atoms with Crippen LogP contribution in [0, 0.1) is 0 Å². The molecule has 1 N–H and O–H groups in total. The Morgan fingerprint density at radius 2 is 2.15 bits per heavy atom. The number of hydrogen-bond donors (Lipinski definition) is 1. The van der Waals surface area contributed by atoms with E-state index in [1.807, 2.05) is 0 Å². The normalized spacial score (nSPS) is 14.7. The van der Waals surface area contributed by atoms with Crippen LogP contribution >= 0.6 is 7.60 Å². The molecule has 0 bridgehead atoms. The minimum Gasteiger partial charge on any atom is -0.322 e. The van der Waals surface area contributed by atoms with Gasteiger partial charge in [-0.05, 0) is 13.3 Å². The van der Waals surface area contributed by atoms with Gasteiger partial charge in [0.1, 0.15) is 0 Å². The van der Waals surface area contributed by atoms with E-state index >= 15 is 0 Å². The number of rotatable bonds is 5. The predicted molar refractivity (Wildman–Crippen MR) is 47.0 cm³/mol. The SMILES string of the molecule is C=C(C)C(=O)OOP(=O)(O)CCC. The fourth-order valence-corrected chi connectivity index (χ4v) is 1.31. The van der Waals surface area contributed by atoms with Crippen molar-refractivity contribution in [3.05, 3.63) is 12.2 Å². The van der Waals surface area contributed by atoms with Crippen LogP contribution in [0.3, 0.4) is 0 Å². The molecule has 0 aliphatic carbocycles. The Balaban J connectivity index is 3.95. The molecule has 0 aliphatic heterocycles. The molecule has 0 spiro atoms. The van der Waals surface area contributed by atoms with Crippen LogP contribution in [0.5, 0.6) is 0 Å². The van der Waals surface area contributed by atoms with Crippen molar-refractivity contribution in [1.82, 2.24) is 0 Å². The monoisotopic (exact) mass is 208 g/mol. The third-order valence-corrected chi connectivity index (χ3v) is 2.40. The summed E-state index contributed by atoms with van der Waals surface area (Å²) in [6.07, 6.45) is 0.425. The maximum atomic E-state index is 11.0. The van der Waals surface area contributed by atoms with Crippen molar-refractivity contribution in [2.24, 2.45) is 0 Å². The van der Waals surface area contributed by atoms with E-state index in [1.54, 1.807) is 6.92 Å². The zero-order valence-corrected chi connectivity index (χ0v) is 8.54. The van der Waals surface area contributed by atoms with Gasteiger partial charge in [-0.25, -0.2) is 4.79 Å². The standard InChI is InChI=1S/C7H13O5P/c1-4-5-13(9,10)12-11-7(8)6(2)3/h2,4-5H2,1,3H3,(H,9,10). The zero-order chi connectivity index (χ0) is 10.5. The first-order valence-corrected chi connectivity index (χ1v) is 5.53. The second kappa shape index (κ2) is 5.17. The summed E-state index contributed by atoms with van der Waals surface area (Å²) in [7, 11) is -3.77. The Labute approximate surface area is 76.8 Å². The second-order valence-electron chi connectivity index (χ2n) is 2.59. The molecule has 0 aliphatic rings. The fraction of sp³-hybridized carbons (Fsp3) is 0.571. The van der Waals surface area contributed by atoms with Gasteiger partial charge in [-0.2, -0.15) is 0 Å². The number of carbonyl (C=O) groups excluding carboxylic acids is 1. The maximum Gasteiger partial charge on any atom is 0.368 e. The van der Waals surface area contributed by atoms with Crippen molar-refractivity contribution >= 4 is 13.6 Å². The lowest BCUT2D eigenvalue weighted by Crippen LogP contribution is -2.05. The highest BCUT2D eigenvalue weighted by molar-refractivity contribution is 7.52. The molecule has 76 valence electrons. The first-order chi connectivity index (χ1) is 5.89. The summed E-state index contributed by atoms with van der Waals surface area (Å²) in [6, 6.07) is 0. The Kier molecular flexibility index (Phi) is 4.91. The van der Waals surface area contributed by atoms with Crippen LogP contribution < -0.4 is 0 Å². The van der Waals surface area contributed by atoms with Gasteiger partial charge < -0.3 is 4.89 Å². The van der Waals surface area contributed by atoms with E-state index in [2.05, 4.69) is 16.1 Å². The van der Waals surface area contributed by atoms with Crippen molar-refractivity contribution in [3.8, 4) is 0 Å². The highest BCUT2D eigenvalue weighted by Gasteiger charge is 2.21.